The molecule has 0 aliphatic rings. The van der Waals surface area contributed by atoms with Crippen molar-refractivity contribution in [1.29, 1.82) is 0 Å². The van der Waals surface area contributed by atoms with E-state index in [0.29, 0.717) is 0 Å². The van der Waals surface area contributed by atoms with E-state index in [9.17, 15) is 0 Å². The van der Waals surface area contributed by atoms with E-state index in [0.717, 1.165) is 28.2 Å². The van der Waals surface area contributed by atoms with Crippen molar-refractivity contribution in [3.63, 3.8) is 0 Å². The molecule has 3 nitrogen and oxygen atoms in total. The summed E-state index contributed by atoms with van der Waals surface area (Å²) in [7, 11) is 1.94. The van der Waals surface area contributed by atoms with Crippen LogP contribution >= 0.6 is 11.8 Å². The van der Waals surface area contributed by atoms with Crippen LogP contribution < -0.4 is 5.32 Å². The molecule has 0 amide bonds. The molecule has 3 aromatic rings. The van der Waals surface area contributed by atoms with Crippen molar-refractivity contribution in [3.8, 4) is 0 Å². The Morgan fingerprint density at radius 2 is 1.48 bits per heavy atom. The Kier molecular flexibility index (Phi) is 6.89. The average Bonchev–Trinajstić information content (AvgIpc) is 2.72. The summed E-state index contributed by atoms with van der Waals surface area (Å²) in [6, 6.07) is 18.8. The molecule has 148 valence electrons. The molecule has 0 spiro atoms. The molecular formula is C25H27N3S. The summed E-state index contributed by atoms with van der Waals surface area (Å²) in [6.45, 7) is 6.32. The van der Waals surface area contributed by atoms with Crippen molar-refractivity contribution in [3.05, 3.63) is 82.4 Å². The summed E-state index contributed by atoms with van der Waals surface area (Å²) in [6.07, 6.45) is 5.93. The molecule has 1 N–H and O–H groups in total. The maximum Gasteiger partial charge on any atom is 0.0886 e. The molecule has 0 bridgehead atoms. The first-order valence-electron chi connectivity index (χ1n) is 9.62. The van der Waals surface area contributed by atoms with Crippen LogP contribution in [0.25, 0.3) is 0 Å². The molecule has 0 heterocycles. The zero-order valence-corrected chi connectivity index (χ0v) is 18.5. The first-order valence-corrected chi connectivity index (χ1v) is 10.8. The van der Waals surface area contributed by atoms with Gasteiger partial charge in [-0.05, 0) is 85.2 Å². The van der Waals surface area contributed by atoms with Crippen LogP contribution in [0.3, 0.4) is 0 Å². The van der Waals surface area contributed by atoms with Crippen molar-refractivity contribution in [2.45, 2.75) is 25.7 Å². The lowest BCUT2D eigenvalue weighted by Crippen LogP contribution is -1.97. The minimum absolute atomic E-state index is 0.855. The lowest BCUT2D eigenvalue weighted by Gasteiger charge is -2.10. The number of hydrogen-bond donors (Lipinski definition) is 1. The fraction of sp³-hybridized carbons (Fsp3) is 0.200. The molecule has 0 aromatic heterocycles. The standard InChI is InChI=1S/C25H27N3S/c1-17-10-20(14-22(12-17)29-5)15-27-23-8-6-7-9-24(23)28-16-21-11-18(2)13-25(26-4)19(21)3/h6-16,26H,1-5H3. The normalized spacial score (nSPS) is 11.5. The Hall–Kier alpha value is -2.85. The minimum atomic E-state index is 0.855. The van der Waals surface area contributed by atoms with E-state index in [1.807, 2.05) is 43.7 Å². The number of hydrogen-bond acceptors (Lipinski definition) is 4. The molecular weight excluding hydrogens is 374 g/mol. The first-order chi connectivity index (χ1) is 14.0. The molecule has 29 heavy (non-hydrogen) atoms. The summed E-state index contributed by atoms with van der Waals surface area (Å²) in [4.78, 5) is 10.7. The Balaban J connectivity index is 1.91. The molecule has 3 aromatic carbocycles. The van der Waals surface area contributed by atoms with E-state index < -0.39 is 0 Å². The molecule has 0 aliphatic carbocycles. The van der Waals surface area contributed by atoms with Crippen molar-refractivity contribution >= 4 is 41.3 Å². The van der Waals surface area contributed by atoms with Crippen molar-refractivity contribution < 1.29 is 0 Å². The highest BCUT2D eigenvalue weighted by Crippen LogP contribution is 2.28. The van der Waals surface area contributed by atoms with Gasteiger partial charge < -0.3 is 5.32 Å². The van der Waals surface area contributed by atoms with Gasteiger partial charge in [-0.1, -0.05) is 24.3 Å². The Bertz CT molecular complexity index is 1070. The monoisotopic (exact) mass is 401 g/mol. The zero-order valence-electron chi connectivity index (χ0n) is 17.7. The summed E-state index contributed by atoms with van der Waals surface area (Å²) >= 11 is 1.74. The summed E-state index contributed by atoms with van der Waals surface area (Å²) < 4.78 is 0. The molecule has 0 atom stereocenters. The Labute approximate surface area is 178 Å². The van der Waals surface area contributed by atoms with Gasteiger partial charge in [0.25, 0.3) is 0 Å². The smallest absolute Gasteiger partial charge is 0.0886 e. The van der Waals surface area contributed by atoms with Crippen LogP contribution in [0.5, 0.6) is 0 Å². The third-order valence-electron chi connectivity index (χ3n) is 4.75. The van der Waals surface area contributed by atoms with E-state index in [4.69, 9.17) is 9.98 Å². The highest BCUT2D eigenvalue weighted by atomic mass is 32.2. The average molecular weight is 402 g/mol. The Morgan fingerprint density at radius 3 is 2.14 bits per heavy atom. The second-order valence-electron chi connectivity index (χ2n) is 7.07. The van der Waals surface area contributed by atoms with Crippen LogP contribution in [0.1, 0.15) is 27.8 Å². The maximum absolute atomic E-state index is 4.75. The molecule has 0 fully saturated rings. The number of rotatable bonds is 6. The molecule has 0 aliphatic heterocycles. The SMILES string of the molecule is CNc1cc(C)cc(C=Nc2ccccc2N=Cc2cc(C)cc(SC)c2)c1C. The predicted octanol–water partition coefficient (Wildman–Crippen LogP) is 6.88. The lowest BCUT2D eigenvalue weighted by molar-refractivity contribution is 1.34. The van der Waals surface area contributed by atoms with Crippen LogP contribution in [-0.2, 0) is 0 Å². The predicted molar refractivity (Wildman–Crippen MR) is 129 cm³/mol. The maximum atomic E-state index is 4.75. The van der Waals surface area contributed by atoms with Gasteiger partial charge in [-0.2, -0.15) is 0 Å². The fourth-order valence-corrected chi connectivity index (χ4v) is 3.77. The number of thioether (sulfide) groups is 1. The first kappa shape index (κ1) is 20.9. The van der Waals surface area contributed by atoms with E-state index >= 15 is 0 Å². The number of nitrogens with zero attached hydrogens (tertiary/aromatic N) is 2. The number of aliphatic imine (C=N–C) groups is 2. The van der Waals surface area contributed by atoms with Crippen LogP contribution in [-0.4, -0.2) is 25.7 Å². The second-order valence-corrected chi connectivity index (χ2v) is 7.94. The van der Waals surface area contributed by atoms with E-state index in [-0.39, 0.29) is 0 Å². The third kappa shape index (κ3) is 5.36. The van der Waals surface area contributed by atoms with Gasteiger partial charge >= 0.3 is 0 Å². The van der Waals surface area contributed by atoms with Gasteiger partial charge in [-0.3, -0.25) is 9.98 Å². The van der Waals surface area contributed by atoms with Gasteiger partial charge in [-0.25, -0.2) is 0 Å². The van der Waals surface area contributed by atoms with Crippen LogP contribution in [0.4, 0.5) is 17.1 Å². The van der Waals surface area contributed by atoms with Crippen molar-refractivity contribution in [2.75, 3.05) is 18.6 Å². The van der Waals surface area contributed by atoms with Crippen molar-refractivity contribution in [1.82, 2.24) is 0 Å². The topological polar surface area (TPSA) is 36.8 Å². The largest absolute Gasteiger partial charge is 0.388 e. The number of para-hydroxylation sites is 2. The van der Waals surface area contributed by atoms with E-state index in [1.165, 1.54) is 21.6 Å². The summed E-state index contributed by atoms with van der Waals surface area (Å²) in [5.74, 6) is 0. The second kappa shape index (κ2) is 9.57. The van der Waals surface area contributed by atoms with E-state index in [2.05, 4.69) is 62.7 Å². The van der Waals surface area contributed by atoms with Gasteiger partial charge in [0.1, 0.15) is 0 Å². The summed E-state index contributed by atoms with van der Waals surface area (Å²) in [5.41, 5.74) is 8.67. The van der Waals surface area contributed by atoms with Gasteiger partial charge in [0, 0.05) is 30.1 Å². The highest BCUT2D eigenvalue weighted by Gasteiger charge is 2.04. The number of anilines is 1. The minimum Gasteiger partial charge on any atom is -0.388 e. The molecule has 0 saturated heterocycles. The third-order valence-corrected chi connectivity index (χ3v) is 5.45. The number of nitrogens with one attached hydrogen (secondary N) is 1. The van der Waals surface area contributed by atoms with Gasteiger partial charge in [0.2, 0.25) is 0 Å². The van der Waals surface area contributed by atoms with Gasteiger partial charge in [0.05, 0.1) is 11.4 Å². The van der Waals surface area contributed by atoms with Crippen LogP contribution in [0.2, 0.25) is 0 Å². The zero-order chi connectivity index (χ0) is 20.8. The van der Waals surface area contributed by atoms with Gasteiger partial charge in [-0.15, -0.1) is 11.8 Å². The lowest BCUT2D eigenvalue weighted by atomic mass is 10.0. The molecule has 4 heteroatoms. The number of aryl methyl sites for hydroxylation is 2. The van der Waals surface area contributed by atoms with E-state index in [1.54, 1.807) is 11.8 Å². The Morgan fingerprint density at radius 1 is 0.828 bits per heavy atom. The van der Waals surface area contributed by atoms with Crippen LogP contribution in [0, 0.1) is 20.8 Å². The molecule has 3 rings (SSSR count). The number of benzene rings is 3. The van der Waals surface area contributed by atoms with Gasteiger partial charge in [0.15, 0.2) is 0 Å². The molecule has 0 saturated carbocycles. The van der Waals surface area contributed by atoms with Crippen LogP contribution in [0.15, 0.2) is 69.5 Å². The van der Waals surface area contributed by atoms with Crippen molar-refractivity contribution in [2.24, 2.45) is 9.98 Å². The quantitative estimate of drug-likeness (QED) is 0.361. The highest BCUT2D eigenvalue weighted by molar-refractivity contribution is 7.98. The fourth-order valence-electron chi connectivity index (χ4n) is 3.21. The molecule has 0 unspecified atom stereocenters. The summed E-state index contributed by atoms with van der Waals surface area (Å²) in [5, 5.41) is 3.25. The molecule has 0 radical (unpaired) electrons.